The number of nitro benzene ring substituents is 1. The van der Waals surface area contributed by atoms with Gasteiger partial charge in [-0.2, -0.15) is 0 Å². The van der Waals surface area contributed by atoms with Crippen molar-refractivity contribution in [1.29, 1.82) is 0 Å². The Hall–Kier alpha value is -2.48. The van der Waals surface area contributed by atoms with Crippen LogP contribution in [0.2, 0.25) is 0 Å². The van der Waals surface area contributed by atoms with Gasteiger partial charge in [-0.3, -0.25) is 10.1 Å². The Morgan fingerprint density at radius 1 is 1.40 bits per heavy atom. The van der Waals surface area contributed by atoms with Crippen LogP contribution in [-0.2, 0) is 0 Å². The fraction of sp³-hybridized carbons (Fsp3) is 0. The second-order valence-corrected chi connectivity index (χ2v) is 4.58. The second-order valence-electron chi connectivity index (χ2n) is 3.67. The van der Waals surface area contributed by atoms with Crippen LogP contribution in [0, 0.1) is 10.1 Å². The number of carboxylic acids is 1. The summed E-state index contributed by atoms with van der Waals surface area (Å²) in [6.45, 7) is 0. The number of hydrogen-bond acceptors (Lipinski definition) is 5. The third kappa shape index (κ3) is 3.09. The third-order valence-electron chi connectivity index (χ3n) is 2.29. The Labute approximate surface area is 121 Å². The minimum atomic E-state index is -1.21. The van der Waals surface area contributed by atoms with E-state index in [-0.39, 0.29) is 22.9 Å². The van der Waals surface area contributed by atoms with Crippen molar-refractivity contribution in [3.05, 3.63) is 56.7 Å². The minimum Gasteiger partial charge on any atom is -0.477 e. The van der Waals surface area contributed by atoms with Crippen LogP contribution in [0.1, 0.15) is 10.4 Å². The van der Waals surface area contributed by atoms with Gasteiger partial charge in [-0.15, -0.1) is 0 Å². The molecule has 8 heteroatoms. The first-order valence-corrected chi connectivity index (χ1v) is 6.08. The Balaban J connectivity index is 2.37. The first kappa shape index (κ1) is 13.9. The summed E-state index contributed by atoms with van der Waals surface area (Å²) in [5, 5.41) is 19.7. The molecule has 0 bridgehead atoms. The molecule has 0 saturated heterocycles. The van der Waals surface area contributed by atoms with Crippen LogP contribution in [0.25, 0.3) is 0 Å². The van der Waals surface area contributed by atoms with Crippen molar-refractivity contribution in [2.75, 3.05) is 0 Å². The highest BCUT2D eigenvalue weighted by Gasteiger charge is 2.15. The summed E-state index contributed by atoms with van der Waals surface area (Å²) in [6, 6.07) is 6.74. The average molecular weight is 339 g/mol. The van der Waals surface area contributed by atoms with Gasteiger partial charge in [-0.25, -0.2) is 9.78 Å². The van der Waals surface area contributed by atoms with Crippen molar-refractivity contribution in [2.45, 2.75) is 0 Å². The van der Waals surface area contributed by atoms with Gasteiger partial charge in [0, 0.05) is 16.7 Å². The summed E-state index contributed by atoms with van der Waals surface area (Å²) >= 11 is 3.11. The molecule has 1 aromatic heterocycles. The quantitative estimate of drug-likeness (QED) is 0.678. The maximum absolute atomic E-state index is 11.1. The maximum atomic E-state index is 11.1. The smallest absolute Gasteiger partial charge is 0.341 e. The van der Waals surface area contributed by atoms with Crippen molar-refractivity contribution in [2.24, 2.45) is 0 Å². The molecular formula is C12H7BrN2O5. The van der Waals surface area contributed by atoms with Gasteiger partial charge in [0.2, 0.25) is 5.88 Å². The summed E-state index contributed by atoms with van der Waals surface area (Å²) in [6.07, 6.45) is 1.37. The number of aromatic carboxylic acids is 1. The van der Waals surface area contributed by atoms with E-state index >= 15 is 0 Å². The third-order valence-corrected chi connectivity index (χ3v) is 2.72. The van der Waals surface area contributed by atoms with E-state index in [1.54, 1.807) is 0 Å². The Morgan fingerprint density at radius 3 is 2.80 bits per heavy atom. The molecule has 1 aromatic carbocycles. The van der Waals surface area contributed by atoms with Crippen molar-refractivity contribution in [1.82, 2.24) is 4.98 Å². The number of aromatic nitrogens is 1. The number of hydrogen-bond donors (Lipinski definition) is 1. The van der Waals surface area contributed by atoms with Gasteiger partial charge in [0.25, 0.3) is 5.69 Å². The van der Waals surface area contributed by atoms with Gasteiger partial charge in [-0.1, -0.05) is 6.07 Å². The number of non-ortho nitro benzene ring substituents is 1. The zero-order chi connectivity index (χ0) is 14.7. The molecule has 2 aromatic rings. The van der Waals surface area contributed by atoms with Crippen LogP contribution in [0.4, 0.5) is 5.69 Å². The van der Waals surface area contributed by atoms with Crippen LogP contribution in [0.5, 0.6) is 11.6 Å². The van der Waals surface area contributed by atoms with Crippen LogP contribution in [0.3, 0.4) is 0 Å². The average Bonchev–Trinajstić information content (AvgIpc) is 2.41. The van der Waals surface area contributed by atoms with E-state index in [2.05, 4.69) is 20.9 Å². The van der Waals surface area contributed by atoms with Crippen LogP contribution >= 0.6 is 15.9 Å². The molecule has 7 nitrogen and oxygen atoms in total. The molecule has 0 radical (unpaired) electrons. The molecule has 102 valence electrons. The van der Waals surface area contributed by atoms with Gasteiger partial charge < -0.3 is 9.84 Å². The molecule has 0 saturated carbocycles. The molecular weight excluding hydrogens is 332 g/mol. The highest BCUT2D eigenvalue weighted by atomic mass is 79.9. The first-order chi connectivity index (χ1) is 9.47. The molecule has 0 aliphatic rings. The molecule has 0 aliphatic carbocycles. The molecule has 2 rings (SSSR count). The monoisotopic (exact) mass is 338 g/mol. The summed E-state index contributed by atoms with van der Waals surface area (Å²) in [4.78, 5) is 25.0. The maximum Gasteiger partial charge on any atom is 0.341 e. The first-order valence-electron chi connectivity index (χ1n) is 5.28. The molecule has 0 spiro atoms. The molecule has 0 aliphatic heterocycles. The molecule has 20 heavy (non-hydrogen) atoms. The second kappa shape index (κ2) is 5.66. The van der Waals surface area contributed by atoms with Gasteiger partial charge >= 0.3 is 5.97 Å². The zero-order valence-electron chi connectivity index (χ0n) is 9.82. The van der Waals surface area contributed by atoms with Crippen molar-refractivity contribution in [3.8, 4) is 11.6 Å². The largest absolute Gasteiger partial charge is 0.477 e. The van der Waals surface area contributed by atoms with Crippen molar-refractivity contribution in [3.63, 3.8) is 0 Å². The lowest BCUT2D eigenvalue weighted by Gasteiger charge is -2.07. The predicted molar refractivity (Wildman–Crippen MR) is 72.1 cm³/mol. The van der Waals surface area contributed by atoms with E-state index in [1.807, 2.05) is 0 Å². The van der Waals surface area contributed by atoms with Gasteiger partial charge in [0.15, 0.2) is 0 Å². The highest BCUT2D eigenvalue weighted by molar-refractivity contribution is 9.10. The number of rotatable bonds is 4. The molecule has 0 unspecified atom stereocenters. The number of ether oxygens (including phenoxy) is 1. The lowest BCUT2D eigenvalue weighted by molar-refractivity contribution is -0.384. The molecule has 1 N–H and O–H groups in total. The Morgan fingerprint density at radius 2 is 2.15 bits per heavy atom. The van der Waals surface area contributed by atoms with E-state index in [9.17, 15) is 14.9 Å². The van der Waals surface area contributed by atoms with Crippen LogP contribution in [-0.4, -0.2) is 21.0 Å². The summed E-state index contributed by atoms with van der Waals surface area (Å²) in [7, 11) is 0. The predicted octanol–water partition coefficient (Wildman–Crippen LogP) is 3.24. The summed E-state index contributed by atoms with van der Waals surface area (Å²) in [5.41, 5.74) is -0.303. The number of halogens is 1. The van der Waals surface area contributed by atoms with Gasteiger partial charge in [0.05, 0.1) is 11.0 Å². The lowest BCUT2D eigenvalue weighted by Crippen LogP contribution is -2.02. The van der Waals surface area contributed by atoms with Crippen LogP contribution < -0.4 is 4.74 Å². The van der Waals surface area contributed by atoms with Crippen molar-refractivity contribution >= 4 is 27.6 Å². The number of nitrogens with zero attached hydrogens (tertiary/aromatic N) is 2. The number of pyridine rings is 1. The number of carbonyl (C=O) groups is 1. The van der Waals surface area contributed by atoms with Gasteiger partial charge in [0.1, 0.15) is 11.3 Å². The van der Waals surface area contributed by atoms with E-state index in [1.165, 1.54) is 36.5 Å². The minimum absolute atomic E-state index is 0.136. The fourth-order valence-electron chi connectivity index (χ4n) is 1.43. The summed E-state index contributed by atoms with van der Waals surface area (Å²) < 4.78 is 5.79. The van der Waals surface area contributed by atoms with Crippen molar-refractivity contribution < 1.29 is 19.6 Å². The molecule has 1 heterocycles. The molecule has 0 atom stereocenters. The number of benzene rings is 1. The fourth-order valence-corrected chi connectivity index (χ4v) is 1.76. The van der Waals surface area contributed by atoms with E-state index in [0.717, 1.165) is 0 Å². The number of carboxylic acid groups (broad SMARTS) is 1. The topological polar surface area (TPSA) is 103 Å². The standard InChI is InChI=1S/C12H7BrN2O5/c13-7-4-10(12(16)17)11(14-6-7)20-9-3-1-2-8(5-9)15(18)19/h1-6H,(H,16,17). The Kier molecular flexibility index (Phi) is 3.94. The molecule has 0 fully saturated rings. The lowest BCUT2D eigenvalue weighted by atomic mass is 10.2. The molecule has 0 amide bonds. The van der Waals surface area contributed by atoms with E-state index in [4.69, 9.17) is 9.84 Å². The highest BCUT2D eigenvalue weighted by Crippen LogP contribution is 2.27. The number of nitro groups is 1. The van der Waals surface area contributed by atoms with E-state index in [0.29, 0.717) is 4.47 Å². The zero-order valence-corrected chi connectivity index (χ0v) is 11.4. The Bertz CT molecular complexity index is 689. The SMILES string of the molecule is O=C(O)c1cc(Br)cnc1Oc1cccc([N+](=O)[O-])c1. The normalized spacial score (nSPS) is 10.1. The summed E-state index contributed by atoms with van der Waals surface area (Å²) in [5.74, 6) is -1.21. The van der Waals surface area contributed by atoms with Gasteiger partial charge in [-0.05, 0) is 28.1 Å². The van der Waals surface area contributed by atoms with Crippen LogP contribution in [0.15, 0.2) is 41.0 Å². The van der Waals surface area contributed by atoms with E-state index < -0.39 is 10.9 Å².